The Hall–Kier alpha value is -1.84. The summed E-state index contributed by atoms with van der Waals surface area (Å²) >= 11 is 6.03. The van der Waals surface area contributed by atoms with E-state index in [0.29, 0.717) is 0 Å². The van der Waals surface area contributed by atoms with E-state index in [1.54, 1.807) is 0 Å². The molecule has 2 aromatic carbocycles. The van der Waals surface area contributed by atoms with Gasteiger partial charge in [-0.25, -0.2) is 0 Å². The van der Waals surface area contributed by atoms with Crippen molar-refractivity contribution in [2.75, 3.05) is 0 Å². The van der Waals surface area contributed by atoms with Gasteiger partial charge in [-0.15, -0.1) is 0 Å². The lowest BCUT2D eigenvalue weighted by Gasteiger charge is -2.21. The van der Waals surface area contributed by atoms with Crippen molar-refractivity contribution in [2.45, 2.75) is 24.9 Å². The lowest BCUT2D eigenvalue weighted by atomic mass is 10.0. The molecule has 21 heavy (non-hydrogen) atoms. The predicted octanol–water partition coefficient (Wildman–Crippen LogP) is 3.14. The Labute approximate surface area is 129 Å². The minimum atomic E-state index is -0.474. The molecule has 0 aliphatic heterocycles. The number of rotatable bonds is 4. The SMILES string of the molecule is NC(=O)[C@@H](N[C@@H]1CCc2cc(Cl)ccc21)c1ccccc1. The van der Waals surface area contributed by atoms with E-state index in [4.69, 9.17) is 17.3 Å². The van der Waals surface area contributed by atoms with Crippen molar-refractivity contribution >= 4 is 17.5 Å². The minimum Gasteiger partial charge on any atom is -0.368 e. The van der Waals surface area contributed by atoms with Gasteiger partial charge in [-0.05, 0) is 41.7 Å². The minimum absolute atomic E-state index is 0.134. The molecule has 1 aliphatic rings. The van der Waals surface area contributed by atoms with E-state index in [0.717, 1.165) is 23.4 Å². The quantitative estimate of drug-likeness (QED) is 0.911. The second-order valence-electron chi connectivity index (χ2n) is 5.35. The first-order chi connectivity index (χ1) is 10.1. The van der Waals surface area contributed by atoms with Crippen LogP contribution in [0, 0.1) is 0 Å². The molecule has 2 atom stereocenters. The van der Waals surface area contributed by atoms with E-state index in [9.17, 15) is 4.79 Å². The molecule has 0 bridgehead atoms. The van der Waals surface area contributed by atoms with Crippen LogP contribution < -0.4 is 11.1 Å². The molecule has 0 radical (unpaired) electrons. The Kier molecular flexibility index (Phi) is 3.95. The van der Waals surface area contributed by atoms with Gasteiger partial charge in [0.1, 0.15) is 6.04 Å². The number of fused-ring (bicyclic) bond motifs is 1. The van der Waals surface area contributed by atoms with Gasteiger partial charge in [-0.2, -0.15) is 0 Å². The molecule has 0 spiro atoms. The first-order valence-electron chi connectivity index (χ1n) is 7.04. The van der Waals surface area contributed by atoms with Crippen LogP contribution in [0.1, 0.15) is 35.2 Å². The fraction of sp³-hybridized carbons (Fsp3) is 0.235. The molecule has 4 heteroatoms. The second kappa shape index (κ2) is 5.88. The molecule has 0 saturated carbocycles. The summed E-state index contributed by atoms with van der Waals surface area (Å²) in [5.41, 5.74) is 8.92. The number of hydrogen-bond donors (Lipinski definition) is 2. The summed E-state index contributed by atoms with van der Waals surface area (Å²) in [6.07, 6.45) is 1.92. The summed E-state index contributed by atoms with van der Waals surface area (Å²) in [6.45, 7) is 0. The van der Waals surface area contributed by atoms with E-state index < -0.39 is 6.04 Å². The van der Waals surface area contributed by atoms with E-state index in [2.05, 4.69) is 5.32 Å². The molecule has 0 fully saturated rings. The van der Waals surface area contributed by atoms with Crippen LogP contribution >= 0.6 is 11.6 Å². The molecule has 3 nitrogen and oxygen atoms in total. The molecule has 3 N–H and O–H groups in total. The van der Waals surface area contributed by atoms with E-state index in [1.165, 1.54) is 11.1 Å². The Bertz CT molecular complexity index is 657. The van der Waals surface area contributed by atoms with Gasteiger partial charge >= 0.3 is 0 Å². The number of amides is 1. The van der Waals surface area contributed by atoms with Crippen LogP contribution in [0.3, 0.4) is 0 Å². The topological polar surface area (TPSA) is 55.1 Å². The van der Waals surface area contributed by atoms with Crippen molar-refractivity contribution in [3.05, 3.63) is 70.2 Å². The molecular formula is C17H17ClN2O. The lowest BCUT2D eigenvalue weighted by molar-refractivity contribution is -0.120. The van der Waals surface area contributed by atoms with Crippen LogP contribution in [0.4, 0.5) is 0 Å². The number of nitrogens with one attached hydrogen (secondary N) is 1. The maximum atomic E-state index is 11.8. The number of primary amides is 1. The predicted molar refractivity (Wildman–Crippen MR) is 84.0 cm³/mol. The fourth-order valence-corrected chi connectivity index (χ4v) is 3.14. The number of halogens is 1. The van der Waals surface area contributed by atoms with Crippen LogP contribution in [0.2, 0.25) is 5.02 Å². The zero-order valence-corrected chi connectivity index (χ0v) is 12.3. The van der Waals surface area contributed by atoms with Crippen molar-refractivity contribution in [3.63, 3.8) is 0 Å². The number of benzene rings is 2. The molecule has 1 aliphatic carbocycles. The highest BCUT2D eigenvalue weighted by Gasteiger charge is 2.27. The van der Waals surface area contributed by atoms with Crippen LogP contribution in [0.15, 0.2) is 48.5 Å². The molecule has 0 saturated heterocycles. The molecule has 2 aromatic rings. The zero-order chi connectivity index (χ0) is 14.8. The normalized spacial score (nSPS) is 18.2. The van der Waals surface area contributed by atoms with Gasteiger partial charge < -0.3 is 5.73 Å². The molecule has 1 amide bonds. The third-order valence-electron chi connectivity index (χ3n) is 3.97. The molecule has 3 rings (SSSR count). The van der Waals surface area contributed by atoms with Crippen LogP contribution in [-0.4, -0.2) is 5.91 Å². The maximum Gasteiger partial charge on any atom is 0.239 e. The monoisotopic (exact) mass is 300 g/mol. The average molecular weight is 301 g/mol. The van der Waals surface area contributed by atoms with E-state index in [-0.39, 0.29) is 11.9 Å². The highest BCUT2D eigenvalue weighted by molar-refractivity contribution is 6.30. The van der Waals surface area contributed by atoms with E-state index in [1.807, 2.05) is 48.5 Å². The highest BCUT2D eigenvalue weighted by Crippen LogP contribution is 2.34. The molecule has 0 aromatic heterocycles. The van der Waals surface area contributed by atoms with Crippen LogP contribution in [0.25, 0.3) is 0 Å². The number of carbonyl (C=O) groups is 1. The van der Waals surface area contributed by atoms with Crippen molar-refractivity contribution in [1.82, 2.24) is 5.32 Å². The third-order valence-corrected chi connectivity index (χ3v) is 4.20. The van der Waals surface area contributed by atoms with Gasteiger partial charge in [0, 0.05) is 11.1 Å². The largest absolute Gasteiger partial charge is 0.368 e. The third kappa shape index (κ3) is 2.94. The average Bonchev–Trinajstić information content (AvgIpc) is 2.87. The summed E-state index contributed by atoms with van der Waals surface area (Å²) in [7, 11) is 0. The Balaban J connectivity index is 1.85. The number of carbonyl (C=O) groups excluding carboxylic acids is 1. The van der Waals surface area contributed by atoms with Gasteiger partial charge in [-0.3, -0.25) is 10.1 Å². The molecule has 0 unspecified atom stereocenters. The number of hydrogen-bond acceptors (Lipinski definition) is 2. The second-order valence-corrected chi connectivity index (χ2v) is 5.78. The van der Waals surface area contributed by atoms with Crippen LogP contribution in [0.5, 0.6) is 0 Å². The summed E-state index contributed by atoms with van der Waals surface area (Å²) < 4.78 is 0. The number of nitrogens with two attached hydrogens (primary N) is 1. The summed E-state index contributed by atoms with van der Waals surface area (Å²) in [6, 6.07) is 15.2. The van der Waals surface area contributed by atoms with Gasteiger partial charge in [-0.1, -0.05) is 48.0 Å². The van der Waals surface area contributed by atoms with Gasteiger partial charge in [0.05, 0.1) is 0 Å². The van der Waals surface area contributed by atoms with E-state index >= 15 is 0 Å². The summed E-state index contributed by atoms with van der Waals surface area (Å²) in [5, 5.41) is 4.14. The zero-order valence-electron chi connectivity index (χ0n) is 11.6. The van der Waals surface area contributed by atoms with Crippen LogP contribution in [-0.2, 0) is 11.2 Å². The number of aryl methyl sites for hydroxylation is 1. The maximum absolute atomic E-state index is 11.8. The fourth-order valence-electron chi connectivity index (χ4n) is 2.95. The highest BCUT2D eigenvalue weighted by atomic mass is 35.5. The Morgan fingerprint density at radius 3 is 2.71 bits per heavy atom. The standard InChI is InChI=1S/C17H17ClN2O/c18-13-7-8-14-12(10-13)6-9-15(14)20-16(17(19)21)11-4-2-1-3-5-11/h1-5,7-8,10,15-16,20H,6,9H2,(H2,19,21)/t15-,16+/m1/s1. The Morgan fingerprint density at radius 1 is 1.24 bits per heavy atom. The van der Waals surface area contributed by atoms with Gasteiger partial charge in [0.25, 0.3) is 0 Å². The molecule has 108 valence electrons. The first kappa shape index (κ1) is 14.1. The molecular weight excluding hydrogens is 284 g/mol. The van der Waals surface area contributed by atoms with Crippen molar-refractivity contribution in [3.8, 4) is 0 Å². The van der Waals surface area contributed by atoms with Crippen molar-refractivity contribution in [2.24, 2.45) is 5.73 Å². The molecule has 0 heterocycles. The summed E-state index contributed by atoms with van der Waals surface area (Å²) in [4.78, 5) is 11.8. The van der Waals surface area contributed by atoms with Crippen molar-refractivity contribution in [1.29, 1.82) is 0 Å². The smallest absolute Gasteiger partial charge is 0.239 e. The first-order valence-corrected chi connectivity index (χ1v) is 7.41. The Morgan fingerprint density at radius 2 is 2.00 bits per heavy atom. The summed E-state index contributed by atoms with van der Waals surface area (Å²) in [5.74, 6) is -0.358. The van der Waals surface area contributed by atoms with Gasteiger partial charge in [0.2, 0.25) is 5.91 Å². The van der Waals surface area contributed by atoms with Crippen molar-refractivity contribution < 1.29 is 4.79 Å². The lowest BCUT2D eigenvalue weighted by Crippen LogP contribution is -2.35. The van der Waals surface area contributed by atoms with Gasteiger partial charge in [0.15, 0.2) is 0 Å².